The van der Waals surface area contributed by atoms with Crippen LogP contribution in [-0.2, 0) is 42.9 Å². The van der Waals surface area contributed by atoms with Crippen molar-refractivity contribution in [1.82, 2.24) is 0 Å². The quantitative estimate of drug-likeness (QED) is 0.233. The summed E-state index contributed by atoms with van der Waals surface area (Å²) < 4.78 is 51.1. The van der Waals surface area contributed by atoms with Gasteiger partial charge in [-0.1, -0.05) is 0 Å². The van der Waals surface area contributed by atoms with Crippen LogP contribution in [-0.4, -0.2) is 76.2 Å². The van der Waals surface area contributed by atoms with Crippen LogP contribution in [0.2, 0.25) is 0 Å². The molecule has 1 aliphatic heterocycles. The molecule has 0 unspecified atom stereocenters. The Kier molecular flexibility index (Phi) is 10.5. The summed E-state index contributed by atoms with van der Waals surface area (Å²) in [6.45, 7) is 4.08. The van der Waals surface area contributed by atoms with E-state index in [1.165, 1.54) is 40.4 Å². The second kappa shape index (κ2) is 14.3. The number of benzene rings is 2. The van der Waals surface area contributed by atoms with Crippen molar-refractivity contribution in [2.45, 2.75) is 58.2 Å². The first-order valence-electron chi connectivity index (χ1n) is 14.1. The maximum absolute atomic E-state index is 13.7. The highest BCUT2D eigenvalue weighted by Crippen LogP contribution is 2.46. The van der Waals surface area contributed by atoms with E-state index in [2.05, 4.69) is 0 Å². The fourth-order valence-electron chi connectivity index (χ4n) is 5.25. The third kappa shape index (κ3) is 7.23. The fourth-order valence-corrected chi connectivity index (χ4v) is 5.25. The molecule has 2 heterocycles. The van der Waals surface area contributed by atoms with Crippen molar-refractivity contribution in [3.8, 4) is 28.6 Å². The second-order valence-electron chi connectivity index (χ2n) is 10.2. The van der Waals surface area contributed by atoms with Crippen LogP contribution in [0, 0.1) is 0 Å². The van der Waals surface area contributed by atoms with E-state index in [0.717, 1.165) is 20.8 Å². The van der Waals surface area contributed by atoms with Crippen LogP contribution < -0.4 is 19.6 Å². The van der Waals surface area contributed by atoms with Gasteiger partial charge < -0.3 is 42.3 Å². The van der Waals surface area contributed by atoms with Crippen molar-refractivity contribution in [2.75, 3.05) is 27.9 Å². The summed E-state index contributed by atoms with van der Waals surface area (Å²) in [6.07, 6.45) is -7.01. The van der Waals surface area contributed by atoms with Crippen LogP contribution >= 0.6 is 0 Å². The van der Waals surface area contributed by atoms with E-state index in [4.69, 9.17) is 42.3 Å². The van der Waals surface area contributed by atoms with Gasteiger partial charge in [-0.2, -0.15) is 0 Å². The molecule has 0 N–H and O–H groups in total. The van der Waals surface area contributed by atoms with Crippen molar-refractivity contribution >= 4 is 34.8 Å². The minimum atomic E-state index is -1.49. The zero-order valence-electron chi connectivity index (χ0n) is 26.3. The van der Waals surface area contributed by atoms with Crippen LogP contribution in [0.1, 0.15) is 39.4 Å². The molecular weight excluding hydrogens is 608 g/mol. The zero-order valence-corrected chi connectivity index (χ0v) is 26.3. The number of fused-ring (bicyclic) bond motifs is 1. The molecule has 0 amide bonds. The van der Waals surface area contributed by atoms with Gasteiger partial charge in [0.25, 0.3) is 0 Å². The molecule has 5 atom stereocenters. The Labute approximate surface area is 263 Å². The number of hydrogen-bond donors (Lipinski definition) is 0. The van der Waals surface area contributed by atoms with Crippen molar-refractivity contribution < 1.29 is 61.5 Å². The standard InChI is InChI=1S/C32H34O14/c1-15(33)41-14-25-28(42-16(2)34)31(43-17(3)35)32(44-18(4)36)30(46-25)27-24(40-7)13-23(39-6)26-21(37)12-22(45-29(26)27)19-8-10-20(38-5)11-9-19/h8-13,25,28,30-32H,14H2,1-7H3/t25-,28-,30+,31+,32+/m1/s1. The molecule has 0 bridgehead atoms. The largest absolute Gasteiger partial charge is 0.497 e. The highest BCUT2D eigenvalue weighted by Gasteiger charge is 2.54. The SMILES string of the molecule is COc1ccc(-c2cc(=O)c3c(OC)cc(OC)c([C@@H]4O[C@H](COC(C)=O)[C@@H](OC(C)=O)[C@H](OC(C)=O)[C@H]4OC(C)=O)c3o2)cc1. The lowest BCUT2D eigenvalue weighted by molar-refractivity contribution is -0.254. The van der Waals surface area contributed by atoms with Gasteiger partial charge in [-0.3, -0.25) is 24.0 Å². The fraction of sp³-hybridized carbons (Fsp3) is 0.406. The summed E-state index contributed by atoms with van der Waals surface area (Å²) in [5, 5.41) is 0.00317. The lowest BCUT2D eigenvalue weighted by Gasteiger charge is -2.44. The van der Waals surface area contributed by atoms with Crippen LogP contribution in [0.5, 0.6) is 17.2 Å². The van der Waals surface area contributed by atoms with E-state index in [-0.39, 0.29) is 33.8 Å². The average molecular weight is 643 g/mol. The Balaban J connectivity index is 2.05. The summed E-state index contributed by atoms with van der Waals surface area (Å²) in [6, 6.07) is 9.47. The van der Waals surface area contributed by atoms with E-state index in [1.54, 1.807) is 24.3 Å². The summed E-state index contributed by atoms with van der Waals surface area (Å²) in [5.74, 6) is -2.12. The number of rotatable bonds is 10. The Bertz CT molecular complexity index is 1670. The predicted molar refractivity (Wildman–Crippen MR) is 158 cm³/mol. The van der Waals surface area contributed by atoms with Gasteiger partial charge >= 0.3 is 23.9 Å². The molecule has 1 aromatic heterocycles. The highest BCUT2D eigenvalue weighted by molar-refractivity contribution is 5.90. The van der Waals surface area contributed by atoms with Crippen LogP contribution in [0.3, 0.4) is 0 Å². The Morgan fingerprint density at radius 2 is 1.30 bits per heavy atom. The Hall–Kier alpha value is -5.11. The number of carbonyl (C=O) groups is 4. The van der Waals surface area contributed by atoms with Gasteiger partial charge in [0.05, 0.1) is 26.9 Å². The average Bonchev–Trinajstić information content (AvgIpc) is 3.00. The molecular formula is C32H34O14. The van der Waals surface area contributed by atoms with Crippen molar-refractivity contribution in [3.05, 3.63) is 52.2 Å². The molecule has 2 aromatic carbocycles. The molecule has 1 fully saturated rings. The van der Waals surface area contributed by atoms with Gasteiger partial charge in [-0.25, -0.2) is 0 Å². The van der Waals surface area contributed by atoms with Gasteiger partial charge in [-0.05, 0) is 24.3 Å². The smallest absolute Gasteiger partial charge is 0.303 e. The first-order valence-corrected chi connectivity index (χ1v) is 14.1. The third-order valence-electron chi connectivity index (χ3n) is 7.06. The van der Waals surface area contributed by atoms with E-state index < -0.39 is 66.4 Å². The normalized spacial score (nSPS) is 20.7. The summed E-state index contributed by atoms with van der Waals surface area (Å²) in [4.78, 5) is 62.5. The predicted octanol–water partition coefficient (Wildman–Crippen LogP) is 3.28. The van der Waals surface area contributed by atoms with Gasteiger partial charge in [-0.15, -0.1) is 0 Å². The van der Waals surface area contributed by atoms with E-state index in [9.17, 15) is 24.0 Å². The summed E-state index contributed by atoms with van der Waals surface area (Å²) in [5.41, 5.74) is 0.0474. The van der Waals surface area contributed by atoms with Crippen molar-refractivity contribution in [1.29, 1.82) is 0 Å². The summed E-state index contributed by atoms with van der Waals surface area (Å²) in [7, 11) is 4.23. The van der Waals surface area contributed by atoms with Crippen molar-refractivity contribution in [2.24, 2.45) is 0 Å². The number of ether oxygens (including phenoxy) is 8. The van der Waals surface area contributed by atoms with Crippen LogP contribution in [0.15, 0.2) is 45.6 Å². The number of hydrogen-bond acceptors (Lipinski definition) is 14. The van der Waals surface area contributed by atoms with E-state index in [0.29, 0.717) is 11.3 Å². The Morgan fingerprint density at radius 1 is 0.717 bits per heavy atom. The van der Waals surface area contributed by atoms with Gasteiger partial charge in [0.1, 0.15) is 47.2 Å². The van der Waals surface area contributed by atoms with Crippen LogP contribution in [0.25, 0.3) is 22.3 Å². The van der Waals surface area contributed by atoms with Gasteiger partial charge in [0.15, 0.2) is 29.3 Å². The summed E-state index contributed by atoms with van der Waals surface area (Å²) >= 11 is 0. The first-order chi connectivity index (χ1) is 21.9. The van der Waals surface area contributed by atoms with Crippen molar-refractivity contribution in [3.63, 3.8) is 0 Å². The van der Waals surface area contributed by atoms with Crippen LogP contribution in [0.4, 0.5) is 0 Å². The molecule has 1 aliphatic rings. The van der Waals surface area contributed by atoms with E-state index >= 15 is 0 Å². The minimum absolute atomic E-state index is 0.00317. The maximum atomic E-state index is 13.7. The molecule has 0 spiro atoms. The number of esters is 4. The molecule has 0 radical (unpaired) electrons. The zero-order chi connectivity index (χ0) is 33.7. The molecule has 0 aliphatic carbocycles. The Morgan fingerprint density at radius 3 is 1.85 bits per heavy atom. The van der Waals surface area contributed by atoms with E-state index in [1.807, 2.05) is 0 Å². The molecule has 46 heavy (non-hydrogen) atoms. The lowest BCUT2D eigenvalue weighted by atomic mass is 9.89. The molecule has 0 saturated carbocycles. The van der Waals surface area contributed by atoms with Gasteiger partial charge in [0, 0.05) is 45.4 Å². The number of methoxy groups -OCH3 is 3. The highest BCUT2D eigenvalue weighted by atomic mass is 16.7. The molecule has 3 aromatic rings. The number of carbonyl (C=O) groups excluding carboxylic acids is 4. The van der Waals surface area contributed by atoms with Gasteiger partial charge in [0.2, 0.25) is 0 Å². The third-order valence-corrected chi connectivity index (χ3v) is 7.06. The molecule has 1 saturated heterocycles. The minimum Gasteiger partial charge on any atom is -0.497 e. The first kappa shape index (κ1) is 33.8. The second-order valence-corrected chi connectivity index (χ2v) is 10.2. The molecule has 14 nitrogen and oxygen atoms in total. The monoisotopic (exact) mass is 642 g/mol. The molecule has 14 heteroatoms. The molecule has 4 rings (SSSR count). The molecule has 246 valence electrons. The topological polar surface area (TPSA) is 172 Å². The maximum Gasteiger partial charge on any atom is 0.303 e. The lowest BCUT2D eigenvalue weighted by Crippen LogP contribution is -2.59.